The molecular weight excluding hydrogens is 344 g/mol. The fourth-order valence-electron chi connectivity index (χ4n) is 2.63. The first-order valence-electron chi connectivity index (χ1n) is 7.61. The minimum absolute atomic E-state index is 0.0966. The summed E-state index contributed by atoms with van der Waals surface area (Å²) in [6.07, 6.45) is -4.65. The number of hydrogen-bond donors (Lipinski definition) is 0. The first-order valence-corrected chi connectivity index (χ1v) is 7.61. The van der Waals surface area contributed by atoms with Crippen LogP contribution in [0.4, 0.5) is 23.4 Å². The van der Waals surface area contributed by atoms with Gasteiger partial charge in [-0.05, 0) is 13.8 Å². The number of aromatic nitrogens is 4. The fraction of sp³-hybridized carbons (Fsp3) is 0.571. The summed E-state index contributed by atoms with van der Waals surface area (Å²) in [6, 6.07) is 0. The third-order valence-electron chi connectivity index (χ3n) is 3.85. The monoisotopic (exact) mass is 360 g/mol. The lowest BCUT2D eigenvalue weighted by Gasteiger charge is -2.34. The second kappa shape index (κ2) is 6.54. The zero-order chi connectivity index (χ0) is 18.2. The molecule has 0 saturated carbocycles. The van der Waals surface area contributed by atoms with Gasteiger partial charge < -0.3 is 9.32 Å². The Balaban J connectivity index is 1.62. The van der Waals surface area contributed by atoms with E-state index in [0.717, 1.165) is 0 Å². The van der Waals surface area contributed by atoms with Crippen LogP contribution in [0.3, 0.4) is 0 Å². The van der Waals surface area contributed by atoms with Crippen LogP contribution in [-0.4, -0.2) is 51.2 Å². The number of piperazine rings is 1. The second-order valence-electron chi connectivity index (χ2n) is 5.76. The molecule has 0 N–H and O–H groups in total. The summed E-state index contributed by atoms with van der Waals surface area (Å²) in [6.45, 7) is 5.36. The van der Waals surface area contributed by atoms with Gasteiger partial charge in [-0.3, -0.25) is 4.90 Å². The van der Waals surface area contributed by atoms with E-state index in [9.17, 15) is 17.6 Å². The quantitative estimate of drug-likeness (QED) is 0.775. The Kier molecular flexibility index (Phi) is 4.58. The number of alkyl halides is 3. The number of aryl methyl sites for hydroxylation is 2. The van der Waals surface area contributed by atoms with Gasteiger partial charge in [0.25, 0.3) is 0 Å². The molecule has 1 fully saturated rings. The molecule has 25 heavy (non-hydrogen) atoms. The Morgan fingerprint density at radius 1 is 1.04 bits per heavy atom. The number of nitrogens with zero attached hydrogens (tertiary/aromatic N) is 6. The highest BCUT2D eigenvalue weighted by atomic mass is 19.4. The molecule has 3 heterocycles. The zero-order valence-corrected chi connectivity index (χ0v) is 13.6. The summed E-state index contributed by atoms with van der Waals surface area (Å²) < 4.78 is 56.2. The van der Waals surface area contributed by atoms with E-state index in [1.54, 1.807) is 18.7 Å². The van der Waals surface area contributed by atoms with Gasteiger partial charge in [-0.15, -0.1) is 10.2 Å². The first-order chi connectivity index (χ1) is 11.7. The predicted octanol–water partition coefficient (Wildman–Crippen LogP) is 1.96. The van der Waals surface area contributed by atoms with E-state index in [4.69, 9.17) is 0 Å². The van der Waals surface area contributed by atoms with Crippen molar-refractivity contribution in [1.29, 1.82) is 0 Å². The van der Waals surface area contributed by atoms with Crippen LogP contribution in [0.2, 0.25) is 0 Å². The maximum absolute atomic E-state index is 14.2. The van der Waals surface area contributed by atoms with Gasteiger partial charge in [-0.2, -0.15) is 13.2 Å². The second-order valence-corrected chi connectivity index (χ2v) is 5.76. The summed E-state index contributed by atoms with van der Waals surface area (Å²) >= 11 is 0. The largest absolute Gasteiger partial charge is 0.470 e. The predicted molar refractivity (Wildman–Crippen MR) is 78.3 cm³/mol. The average molecular weight is 360 g/mol. The molecule has 1 saturated heterocycles. The molecule has 7 nitrogen and oxygen atoms in total. The molecule has 2 aromatic rings. The first kappa shape index (κ1) is 17.5. The summed E-state index contributed by atoms with van der Waals surface area (Å²) in [5, 5.41) is 6.42. The summed E-state index contributed by atoms with van der Waals surface area (Å²) in [7, 11) is 0. The van der Waals surface area contributed by atoms with Gasteiger partial charge in [0.05, 0.1) is 12.2 Å². The van der Waals surface area contributed by atoms with Crippen molar-refractivity contribution in [1.82, 2.24) is 25.1 Å². The molecule has 11 heteroatoms. The van der Waals surface area contributed by atoms with Gasteiger partial charge in [0, 0.05) is 26.2 Å². The van der Waals surface area contributed by atoms with Gasteiger partial charge in [0.2, 0.25) is 5.89 Å². The Bertz CT molecular complexity index is 754. The van der Waals surface area contributed by atoms with Crippen molar-refractivity contribution in [3.8, 4) is 0 Å². The molecule has 0 spiro atoms. The van der Waals surface area contributed by atoms with Crippen LogP contribution >= 0.6 is 0 Å². The SMILES string of the molecule is Cc1nc(C)c(F)c(N2CCN(Cc3nnc(C(F)(F)F)o3)CC2)n1. The van der Waals surface area contributed by atoms with Crippen molar-refractivity contribution in [2.45, 2.75) is 26.6 Å². The number of anilines is 1. The van der Waals surface area contributed by atoms with Crippen LogP contribution in [0.15, 0.2) is 4.42 Å². The molecule has 0 aromatic carbocycles. The lowest BCUT2D eigenvalue weighted by molar-refractivity contribution is -0.157. The smallest absolute Gasteiger partial charge is 0.416 e. The average Bonchev–Trinajstić information content (AvgIpc) is 3.00. The molecule has 0 bridgehead atoms. The molecule has 0 radical (unpaired) electrons. The summed E-state index contributed by atoms with van der Waals surface area (Å²) in [5.74, 6) is -1.16. The highest BCUT2D eigenvalue weighted by Gasteiger charge is 2.38. The maximum Gasteiger partial charge on any atom is 0.470 e. The molecule has 0 amide bonds. The number of hydrogen-bond acceptors (Lipinski definition) is 7. The van der Waals surface area contributed by atoms with E-state index in [1.807, 2.05) is 4.90 Å². The molecule has 2 aromatic heterocycles. The summed E-state index contributed by atoms with van der Waals surface area (Å²) in [4.78, 5) is 11.8. The Morgan fingerprint density at radius 2 is 1.72 bits per heavy atom. The van der Waals surface area contributed by atoms with Gasteiger partial charge in [0.15, 0.2) is 11.6 Å². The molecule has 0 aliphatic carbocycles. The van der Waals surface area contributed by atoms with E-state index in [0.29, 0.717) is 32.0 Å². The molecular formula is C14H16F4N6O. The van der Waals surface area contributed by atoms with Crippen LogP contribution in [0.1, 0.15) is 23.3 Å². The lowest BCUT2D eigenvalue weighted by Crippen LogP contribution is -2.46. The molecule has 0 unspecified atom stereocenters. The van der Waals surface area contributed by atoms with Crippen LogP contribution in [0.25, 0.3) is 0 Å². The van der Waals surface area contributed by atoms with Crippen molar-refractivity contribution < 1.29 is 22.0 Å². The molecule has 136 valence electrons. The van der Waals surface area contributed by atoms with E-state index >= 15 is 0 Å². The third-order valence-corrected chi connectivity index (χ3v) is 3.85. The maximum atomic E-state index is 14.2. The Labute approximate surface area is 140 Å². The zero-order valence-electron chi connectivity index (χ0n) is 13.6. The standard InChI is InChI=1S/C14H16F4N6O/c1-8-11(15)12(20-9(2)19-8)24-5-3-23(4-6-24)7-10-21-22-13(25-10)14(16,17)18/h3-7H2,1-2H3. The van der Waals surface area contributed by atoms with Crippen LogP contribution in [-0.2, 0) is 12.7 Å². The van der Waals surface area contributed by atoms with E-state index in [2.05, 4.69) is 24.6 Å². The third kappa shape index (κ3) is 3.86. The van der Waals surface area contributed by atoms with Crippen LogP contribution < -0.4 is 4.90 Å². The van der Waals surface area contributed by atoms with Crippen molar-refractivity contribution in [3.63, 3.8) is 0 Å². The van der Waals surface area contributed by atoms with E-state index in [1.165, 1.54) is 0 Å². The van der Waals surface area contributed by atoms with Crippen LogP contribution in [0, 0.1) is 19.7 Å². The number of halogens is 4. The van der Waals surface area contributed by atoms with Crippen LogP contribution in [0.5, 0.6) is 0 Å². The van der Waals surface area contributed by atoms with Crippen molar-refractivity contribution in [3.05, 3.63) is 29.1 Å². The van der Waals surface area contributed by atoms with Gasteiger partial charge >= 0.3 is 12.1 Å². The highest BCUT2D eigenvalue weighted by molar-refractivity contribution is 5.42. The van der Waals surface area contributed by atoms with E-state index in [-0.39, 0.29) is 23.9 Å². The molecule has 0 atom stereocenters. The van der Waals surface area contributed by atoms with Crippen molar-refractivity contribution >= 4 is 5.82 Å². The normalized spacial score (nSPS) is 16.5. The highest BCUT2D eigenvalue weighted by Crippen LogP contribution is 2.28. The molecule has 3 rings (SSSR count). The van der Waals surface area contributed by atoms with E-state index < -0.39 is 17.9 Å². The van der Waals surface area contributed by atoms with Crippen molar-refractivity contribution in [2.24, 2.45) is 0 Å². The van der Waals surface area contributed by atoms with Gasteiger partial charge in [-0.25, -0.2) is 14.4 Å². The Morgan fingerprint density at radius 3 is 2.32 bits per heavy atom. The Hall–Kier alpha value is -2.30. The number of rotatable bonds is 3. The summed E-state index contributed by atoms with van der Waals surface area (Å²) in [5.41, 5.74) is 0.287. The van der Waals surface area contributed by atoms with Gasteiger partial charge in [0.1, 0.15) is 5.82 Å². The molecule has 1 aliphatic rings. The fourth-order valence-corrected chi connectivity index (χ4v) is 2.63. The minimum atomic E-state index is -4.65. The topological polar surface area (TPSA) is 71.2 Å². The minimum Gasteiger partial charge on any atom is -0.416 e. The molecule has 1 aliphatic heterocycles. The lowest BCUT2D eigenvalue weighted by atomic mass is 10.3. The van der Waals surface area contributed by atoms with Crippen molar-refractivity contribution in [2.75, 3.05) is 31.1 Å². The van der Waals surface area contributed by atoms with Gasteiger partial charge in [-0.1, -0.05) is 0 Å².